The van der Waals surface area contributed by atoms with Gasteiger partial charge < -0.3 is 19.4 Å². The number of hydrogen-bond acceptors (Lipinski definition) is 4. The molecule has 0 saturated carbocycles. The second-order valence-corrected chi connectivity index (χ2v) is 6.11. The van der Waals surface area contributed by atoms with E-state index < -0.39 is 0 Å². The zero-order valence-electron chi connectivity index (χ0n) is 13.1. The Morgan fingerprint density at radius 2 is 2.30 bits per heavy atom. The number of nitrogens with zero attached hydrogens (tertiary/aromatic N) is 1. The molecule has 1 aromatic rings. The zero-order chi connectivity index (χ0) is 14.4. The van der Waals surface area contributed by atoms with Crippen LogP contribution in [0, 0.1) is 12.3 Å². The molecule has 2 rings (SSSR count). The first-order valence-electron chi connectivity index (χ1n) is 7.65. The van der Waals surface area contributed by atoms with Gasteiger partial charge in [0.2, 0.25) is 0 Å². The van der Waals surface area contributed by atoms with E-state index in [-0.39, 0.29) is 5.41 Å². The molecule has 0 radical (unpaired) electrons. The number of aryl methyl sites for hydroxylation is 1. The molecule has 20 heavy (non-hydrogen) atoms. The van der Waals surface area contributed by atoms with Gasteiger partial charge in [-0.15, -0.1) is 0 Å². The number of ether oxygens (including phenoxy) is 1. The van der Waals surface area contributed by atoms with E-state index >= 15 is 0 Å². The summed E-state index contributed by atoms with van der Waals surface area (Å²) >= 11 is 0. The molecule has 0 bridgehead atoms. The van der Waals surface area contributed by atoms with Gasteiger partial charge in [0, 0.05) is 37.2 Å². The van der Waals surface area contributed by atoms with Gasteiger partial charge in [-0.1, -0.05) is 6.92 Å². The molecule has 1 N–H and O–H groups in total. The first kappa shape index (κ1) is 15.5. The Bertz CT molecular complexity index is 397. The van der Waals surface area contributed by atoms with Crippen LogP contribution in [0.3, 0.4) is 0 Å². The quantitative estimate of drug-likeness (QED) is 0.832. The average molecular weight is 280 g/mol. The molecule has 0 aromatic carbocycles. The molecule has 1 aliphatic heterocycles. The topological polar surface area (TPSA) is 37.6 Å². The average Bonchev–Trinajstić information content (AvgIpc) is 2.83. The van der Waals surface area contributed by atoms with Crippen LogP contribution in [0.15, 0.2) is 16.7 Å². The van der Waals surface area contributed by atoms with E-state index in [4.69, 9.17) is 9.15 Å². The number of rotatable bonds is 7. The van der Waals surface area contributed by atoms with E-state index in [1.807, 2.05) is 6.92 Å². The highest BCUT2D eigenvalue weighted by molar-refractivity contribution is 5.15. The minimum atomic E-state index is 0.251. The van der Waals surface area contributed by atoms with Crippen molar-refractivity contribution in [3.8, 4) is 0 Å². The minimum absolute atomic E-state index is 0.251. The summed E-state index contributed by atoms with van der Waals surface area (Å²) in [6, 6.07) is 2.07. The first-order chi connectivity index (χ1) is 9.65. The summed E-state index contributed by atoms with van der Waals surface area (Å²) in [5.41, 5.74) is 1.53. The van der Waals surface area contributed by atoms with E-state index in [1.54, 1.807) is 6.26 Å². The summed E-state index contributed by atoms with van der Waals surface area (Å²) in [5.74, 6) is 1.03. The molecule has 1 aromatic heterocycles. The summed E-state index contributed by atoms with van der Waals surface area (Å²) < 4.78 is 11.1. The SMILES string of the molecule is CCNCC1(CN(C)Cc2ccoc2C)CCCOC1. The van der Waals surface area contributed by atoms with Crippen LogP contribution >= 0.6 is 0 Å². The summed E-state index contributed by atoms with van der Waals surface area (Å²) in [4.78, 5) is 2.39. The van der Waals surface area contributed by atoms with Crippen molar-refractivity contribution in [2.75, 3.05) is 39.9 Å². The second kappa shape index (κ2) is 7.25. The summed E-state index contributed by atoms with van der Waals surface area (Å²) in [7, 11) is 2.19. The molecule has 1 fully saturated rings. The molecule has 2 heterocycles. The second-order valence-electron chi connectivity index (χ2n) is 6.11. The fraction of sp³-hybridized carbons (Fsp3) is 0.750. The molecule has 1 saturated heterocycles. The van der Waals surface area contributed by atoms with Crippen LogP contribution in [-0.4, -0.2) is 44.8 Å². The Balaban J connectivity index is 1.94. The van der Waals surface area contributed by atoms with Crippen molar-refractivity contribution in [3.63, 3.8) is 0 Å². The molecule has 114 valence electrons. The summed E-state index contributed by atoms with van der Waals surface area (Å²) in [6.07, 6.45) is 4.19. The normalized spacial score (nSPS) is 23.4. The number of hydrogen-bond donors (Lipinski definition) is 1. The lowest BCUT2D eigenvalue weighted by Crippen LogP contribution is -2.48. The van der Waals surface area contributed by atoms with Crippen LogP contribution in [0.4, 0.5) is 0 Å². The third-order valence-corrected chi connectivity index (χ3v) is 4.17. The molecule has 1 aliphatic rings. The van der Waals surface area contributed by atoms with Crippen molar-refractivity contribution in [3.05, 3.63) is 23.7 Å². The molecule has 0 amide bonds. The molecular weight excluding hydrogens is 252 g/mol. The molecule has 0 aliphatic carbocycles. The Hall–Kier alpha value is -0.840. The van der Waals surface area contributed by atoms with Crippen molar-refractivity contribution in [1.29, 1.82) is 0 Å². The summed E-state index contributed by atoms with van der Waals surface area (Å²) in [6.45, 7) is 10.0. The maximum atomic E-state index is 5.76. The molecular formula is C16H28N2O2. The van der Waals surface area contributed by atoms with Crippen LogP contribution in [-0.2, 0) is 11.3 Å². The zero-order valence-corrected chi connectivity index (χ0v) is 13.1. The Morgan fingerprint density at radius 3 is 2.90 bits per heavy atom. The Labute approximate surface area is 122 Å². The fourth-order valence-electron chi connectivity index (χ4n) is 3.11. The van der Waals surface area contributed by atoms with Gasteiger partial charge in [-0.2, -0.15) is 0 Å². The van der Waals surface area contributed by atoms with Crippen LogP contribution in [0.2, 0.25) is 0 Å². The number of nitrogens with one attached hydrogen (secondary N) is 1. The maximum absolute atomic E-state index is 5.76. The predicted octanol–water partition coefficient (Wildman–Crippen LogP) is 2.43. The van der Waals surface area contributed by atoms with E-state index in [2.05, 4.69) is 30.3 Å². The van der Waals surface area contributed by atoms with E-state index in [1.165, 1.54) is 18.4 Å². The number of furan rings is 1. The van der Waals surface area contributed by atoms with Gasteiger partial charge in [0.25, 0.3) is 0 Å². The standard InChI is InChI=1S/C16H28N2O2/c1-4-17-11-16(7-5-8-19-13-16)12-18(3)10-15-6-9-20-14(15)2/h6,9,17H,4-5,7-8,10-13H2,1-3H3. The van der Waals surface area contributed by atoms with Gasteiger partial charge in [0.1, 0.15) is 5.76 Å². The molecule has 4 nitrogen and oxygen atoms in total. The van der Waals surface area contributed by atoms with Crippen molar-refractivity contribution < 1.29 is 9.15 Å². The van der Waals surface area contributed by atoms with E-state index in [0.717, 1.165) is 45.2 Å². The highest BCUT2D eigenvalue weighted by atomic mass is 16.5. The molecule has 0 spiro atoms. The highest BCUT2D eigenvalue weighted by Crippen LogP contribution is 2.29. The van der Waals surface area contributed by atoms with Gasteiger partial charge in [0.15, 0.2) is 0 Å². The first-order valence-corrected chi connectivity index (χ1v) is 7.65. The van der Waals surface area contributed by atoms with Crippen molar-refractivity contribution in [2.24, 2.45) is 5.41 Å². The van der Waals surface area contributed by atoms with Gasteiger partial charge in [-0.3, -0.25) is 0 Å². The van der Waals surface area contributed by atoms with Gasteiger partial charge in [-0.05, 0) is 39.4 Å². The highest BCUT2D eigenvalue weighted by Gasteiger charge is 2.33. The van der Waals surface area contributed by atoms with Crippen LogP contribution in [0.5, 0.6) is 0 Å². The molecule has 4 heteroatoms. The third-order valence-electron chi connectivity index (χ3n) is 4.17. The van der Waals surface area contributed by atoms with Crippen molar-refractivity contribution in [2.45, 2.75) is 33.2 Å². The predicted molar refractivity (Wildman–Crippen MR) is 80.8 cm³/mol. The smallest absolute Gasteiger partial charge is 0.105 e. The van der Waals surface area contributed by atoms with Gasteiger partial charge in [0.05, 0.1) is 12.9 Å². The summed E-state index contributed by atoms with van der Waals surface area (Å²) in [5, 5.41) is 3.51. The Morgan fingerprint density at radius 1 is 1.45 bits per heavy atom. The lowest BCUT2D eigenvalue weighted by molar-refractivity contribution is -0.0235. The fourth-order valence-corrected chi connectivity index (χ4v) is 3.11. The monoisotopic (exact) mass is 280 g/mol. The lowest BCUT2D eigenvalue weighted by Gasteiger charge is -2.40. The third kappa shape index (κ3) is 4.08. The molecule has 1 unspecified atom stereocenters. The van der Waals surface area contributed by atoms with E-state index in [0.29, 0.717) is 0 Å². The minimum Gasteiger partial charge on any atom is -0.469 e. The van der Waals surface area contributed by atoms with Gasteiger partial charge >= 0.3 is 0 Å². The van der Waals surface area contributed by atoms with Crippen LogP contribution in [0.25, 0.3) is 0 Å². The lowest BCUT2D eigenvalue weighted by atomic mass is 9.81. The Kier molecular flexibility index (Phi) is 5.64. The largest absolute Gasteiger partial charge is 0.469 e. The van der Waals surface area contributed by atoms with E-state index in [9.17, 15) is 0 Å². The molecule has 1 atom stereocenters. The van der Waals surface area contributed by atoms with Gasteiger partial charge in [-0.25, -0.2) is 0 Å². The van der Waals surface area contributed by atoms with Crippen LogP contribution in [0.1, 0.15) is 31.1 Å². The van der Waals surface area contributed by atoms with Crippen LogP contribution < -0.4 is 5.32 Å². The van der Waals surface area contributed by atoms with Crippen molar-refractivity contribution in [1.82, 2.24) is 10.2 Å². The van der Waals surface area contributed by atoms with Crippen molar-refractivity contribution >= 4 is 0 Å². The maximum Gasteiger partial charge on any atom is 0.105 e.